The number of rotatable bonds is 3. The van der Waals surface area contributed by atoms with Crippen LogP contribution in [0, 0.1) is 12.7 Å². The van der Waals surface area contributed by atoms with E-state index >= 15 is 0 Å². The van der Waals surface area contributed by atoms with Crippen LogP contribution in [0.15, 0.2) is 42.5 Å². The molecule has 1 atom stereocenters. The molecule has 0 aliphatic rings. The fourth-order valence-corrected chi connectivity index (χ4v) is 2.10. The van der Waals surface area contributed by atoms with Crippen LogP contribution in [0.5, 0.6) is 0 Å². The zero-order chi connectivity index (χ0) is 13.1. The topological polar surface area (TPSA) is 26.0 Å². The largest absolute Gasteiger partial charge is 0.328 e. The van der Waals surface area contributed by atoms with Gasteiger partial charge in [-0.1, -0.05) is 30.3 Å². The van der Waals surface area contributed by atoms with Crippen LogP contribution in [0.2, 0.25) is 0 Å². The zero-order valence-electron chi connectivity index (χ0n) is 10.8. The van der Waals surface area contributed by atoms with Crippen molar-refractivity contribution in [3.05, 3.63) is 59.4 Å². The van der Waals surface area contributed by atoms with Crippen molar-refractivity contribution in [3.8, 4) is 11.1 Å². The molecular weight excluding hydrogens is 225 g/mol. The second kappa shape index (κ2) is 5.32. The van der Waals surface area contributed by atoms with Gasteiger partial charge in [0.15, 0.2) is 0 Å². The maximum absolute atomic E-state index is 13.3. The van der Waals surface area contributed by atoms with Crippen molar-refractivity contribution in [2.75, 3.05) is 0 Å². The van der Waals surface area contributed by atoms with Crippen LogP contribution in [0.1, 0.15) is 18.1 Å². The smallest absolute Gasteiger partial charge is 0.123 e. The van der Waals surface area contributed by atoms with E-state index in [1.165, 1.54) is 11.6 Å². The summed E-state index contributed by atoms with van der Waals surface area (Å²) in [6.07, 6.45) is 0.864. The number of hydrogen-bond acceptors (Lipinski definition) is 1. The Bertz CT molecular complexity index is 529. The lowest BCUT2D eigenvalue weighted by molar-refractivity contribution is 0.628. The molecule has 94 valence electrons. The molecule has 0 saturated carbocycles. The summed E-state index contributed by atoms with van der Waals surface area (Å²) in [5.41, 5.74) is 10.0. The lowest BCUT2D eigenvalue weighted by Crippen LogP contribution is -2.17. The van der Waals surface area contributed by atoms with Crippen LogP contribution in [0.3, 0.4) is 0 Å². The molecule has 0 aromatic heterocycles. The van der Waals surface area contributed by atoms with Crippen molar-refractivity contribution >= 4 is 0 Å². The Balaban J connectivity index is 2.31. The van der Waals surface area contributed by atoms with Gasteiger partial charge in [0.1, 0.15) is 5.82 Å². The van der Waals surface area contributed by atoms with Gasteiger partial charge in [0.05, 0.1) is 0 Å². The number of aryl methyl sites for hydroxylation is 1. The third kappa shape index (κ3) is 2.96. The molecule has 0 bridgehead atoms. The van der Waals surface area contributed by atoms with Crippen LogP contribution < -0.4 is 5.73 Å². The van der Waals surface area contributed by atoms with Gasteiger partial charge in [-0.2, -0.15) is 0 Å². The van der Waals surface area contributed by atoms with Crippen LogP contribution in [0.25, 0.3) is 11.1 Å². The lowest BCUT2D eigenvalue weighted by Gasteiger charge is -2.09. The molecule has 0 fully saturated rings. The second-order valence-electron chi connectivity index (χ2n) is 4.84. The minimum atomic E-state index is -0.199. The maximum atomic E-state index is 13.3. The Labute approximate surface area is 107 Å². The van der Waals surface area contributed by atoms with Gasteiger partial charge in [-0.3, -0.25) is 0 Å². The first-order valence-electron chi connectivity index (χ1n) is 6.17. The molecule has 2 rings (SSSR count). The summed E-state index contributed by atoms with van der Waals surface area (Å²) < 4.78 is 13.3. The Morgan fingerprint density at radius 2 is 1.78 bits per heavy atom. The molecule has 0 aliphatic carbocycles. The van der Waals surface area contributed by atoms with E-state index in [-0.39, 0.29) is 11.9 Å². The van der Waals surface area contributed by atoms with Gasteiger partial charge < -0.3 is 5.73 Å². The Kier molecular flexibility index (Phi) is 3.78. The quantitative estimate of drug-likeness (QED) is 0.874. The fraction of sp³-hybridized carbons (Fsp3) is 0.250. The first kappa shape index (κ1) is 12.8. The summed E-state index contributed by atoms with van der Waals surface area (Å²) in [6, 6.07) is 13.2. The van der Waals surface area contributed by atoms with Gasteiger partial charge in [-0.15, -0.1) is 0 Å². The summed E-state index contributed by atoms with van der Waals surface area (Å²) >= 11 is 0. The first-order valence-corrected chi connectivity index (χ1v) is 6.17. The standard InChI is InChI=1S/C16H18FN/c1-11-3-8-15(17)10-16(11)14-6-4-13(5-7-14)9-12(2)18/h3-8,10,12H,9,18H2,1-2H3. The SMILES string of the molecule is Cc1ccc(F)cc1-c1ccc(CC(C)N)cc1. The molecule has 2 aromatic carbocycles. The molecule has 0 aliphatic heterocycles. The average molecular weight is 243 g/mol. The molecule has 2 aromatic rings. The maximum Gasteiger partial charge on any atom is 0.123 e. The Hall–Kier alpha value is -1.67. The van der Waals surface area contributed by atoms with E-state index in [1.54, 1.807) is 12.1 Å². The molecule has 0 saturated heterocycles. The zero-order valence-corrected chi connectivity index (χ0v) is 10.8. The fourth-order valence-electron chi connectivity index (χ4n) is 2.10. The van der Waals surface area contributed by atoms with E-state index in [2.05, 4.69) is 12.1 Å². The summed E-state index contributed by atoms with van der Waals surface area (Å²) in [6.45, 7) is 3.98. The summed E-state index contributed by atoms with van der Waals surface area (Å²) in [4.78, 5) is 0. The third-order valence-corrected chi connectivity index (χ3v) is 3.02. The van der Waals surface area contributed by atoms with Crippen molar-refractivity contribution in [2.45, 2.75) is 26.3 Å². The Morgan fingerprint density at radius 1 is 1.11 bits per heavy atom. The number of hydrogen-bond donors (Lipinski definition) is 1. The van der Waals surface area contributed by atoms with Crippen molar-refractivity contribution in [2.24, 2.45) is 5.73 Å². The van der Waals surface area contributed by atoms with Crippen LogP contribution in [-0.2, 0) is 6.42 Å². The normalized spacial score (nSPS) is 12.4. The van der Waals surface area contributed by atoms with Crippen molar-refractivity contribution in [3.63, 3.8) is 0 Å². The first-order chi connectivity index (χ1) is 8.56. The van der Waals surface area contributed by atoms with E-state index < -0.39 is 0 Å². The molecule has 1 unspecified atom stereocenters. The van der Waals surface area contributed by atoms with Crippen LogP contribution in [-0.4, -0.2) is 6.04 Å². The highest BCUT2D eigenvalue weighted by atomic mass is 19.1. The minimum absolute atomic E-state index is 0.159. The Morgan fingerprint density at radius 3 is 2.39 bits per heavy atom. The van der Waals surface area contributed by atoms with Crippen LogP contribution >= 0.6 is 0 Å². The van der Waals surface area contributed by atoms with Crippen molar-refractivity contribution in [1.29, 1.82) is 0 Å². The van der Waals surface area contributed by atoms with E-state index in [1.807, 2.05) is 26.0 Å². The number of nitrogens with two attached hydrogens (primary N) is 1. The van der Waals surface area contributed by atoms with Crippen molar-refractivity contribution < 1.29 is 4.39 Å². The predicted octanol–water partition coefficient (Wildman–Crippen LogP) is 3.69. The molecule has 1 nitrogen and oxygen atoms in total. The summed E-state index contributed by atoms with van der Waals surface area (Å²) in [5.74, 6) is -0.199. The monoisotopic (exact) mass is 243 g/mol. The highest BCUT2D eigenvalue weighted by molar-refractivity contribution is 5.67. The molecule has 18 heavy (non-hydrogen) atoms. The van der Waals surface area contributed by atoms with Gasteiger partial charge >= 0.3 is 0 Å². The number of benzene rings is 2. The van der Waals surface area contributed by atoms with Crippen LogP contribution in [0.4, 0.5) is 4.39 Å². The average Bonchev–Trinajstić information content (AvgIpc) is 2.33. The molecule has 0 amide bonds. The molecule has 2 N–H and O–H groups in total. The summed E-state index contributed by atoms with van der Waals surface area (Å²) in [5, 5.41) is 0. The number of halogens is 1. The van der Waals surface area contributed by atoms with E-state index in [0.717, 1.165) is 23.1 Å². The lowest BCUT2D eigenvalue weighted by atomic mass is 9.98. The van der Waals surface area contributed by atoms with Gasteiger partial charge in [-0.25, -0.2) is 4.39 Å². The van der Waals surface area contributed by atoms with Gasteiger partial charge in [0.25, 0.3) is 0 Å². The summed E-state index contributed by atoms with van der Waals surface area (Å²) in [7, 11) is 0. The third-order valence-electron chi connectivity index (χ3n) is 3.02. The highest BCUT2D eigenvalue weighted by Gasteiger charge is 2.04. The van der Waals surface area contributed by atoms with Crippen molar-refractivity contribution in [1.82, 2.24) is 0 Å². The van der Waals surface area contributed by atoms with E-state index in [4.69, 9.17) is 5.73 Å². The highest BCUT2D eigenvalue weighted by Crippen LogP contribution is 2.24. The molecular formula is C16H18FN. The second-order valence-corrected chi connectivity index (χ2v) is 4.84. The van der Waals surface area contributed by atoms with Gasteiger partial charge in [0.2, 0.25) is 0 Å². The van der Waals surface area contributed by atoms with E-state index in [9.17, 15) is 4.39 Å². The van der Waals surface area contributed by atoms with Gasteiger partial charge in [-0.05, 0) is 54.7 Å². The van der Waals surface area contributed by atoms with E-state index in [0.29, 0.717) is 0 Å². The molecule has 0 radical (unpaired) electrons. The molecule has 0 heterocycles. The molecule has 0 spiro atoms. The predicted molar refractivity (Wildman–Crippen MR) is 73.9 cm³/mol. The minimum Gasteiger partial charge on any atom is -0.328 e. The molecule has 2 heteroatoms. The van der Waals surface area contributed by atoms with Gasteiger partial charge in [0, 0.05) is 6.04 Å².